The number of halogens is 1. The van der Waals surface area contributed by atoms with Crippen molar-refractivity contribution in [2.45, 2.75) is 13.1 Å². The van der Waals surface area contributed by atoms with Gasteiger partial charge in [-0.25, -0.2) is 10.2 Å². The zero-order chi connectivity index (χ0) is 28.8. The molecule has 0 radical (unpaired) electrons. The van der Waals surface area contributed by atoms with Gasteiger partial charge in [-0.3, -0.25) is 23.5 Å². The Morgan fingerprint density at radius 2 is 1.49 bits per heavy atom. The highest BCUT2D eigenvalue weighted by Gasteiger charge is 2.16. The van der Waals surface area contributed by atoms with Crippen molar-refractivity contribution in [3.8, 4) is 0 Å². The Balaban J connectivity index is 1.29. The number of aromatic nitrogens is 2. The molecule has 5 aromatic rings. The van der Waals surface area contributed by atoms with Gasteiger partial charge in [0.1, 0.15) is 6.54 Å². The Morgan fingerprint density at radius 3 is 2.22 bits per heavy atom. The molecule has 0 aliphatic heterocycles. The first kappa shape index (κ1) is 27.3. The molecule has 10 heteroatoms. The highest BCUT2D eigenvalue weighted by atomic mass is 35.5. The van der Waals surface area contributed by atoms with Gasteiger partial charge < -0.3 is 5.32 Å². The van der Waals surface area contributed by atoms with E-state index in [1.54, 1.807) is 60.7 Å². The third kappa shape index (κ3) is 6.48. The van der Waals surface area contributed by atoms with Gasteiger partial charge in [-0.2, -0.15) is 5.10 Å². The van der Waals surface area contributed by atoms with Gasteiger partial charge in [0, 0.05) is 16.3 Å². The van der Waals surface area contributed by atoms with E-state index < -0.39 is 29.6 Å². The van der Waals surface area contributed by atoms with Gasteiger partial charge in [0.25, 0.3) is 11.5 Å². The van der Waals surface area contributed by atoms with E-state index in [2.05, 4.69) is 15.8 Å². The van der Waals surface area contributed by atoms with E-state index in [0.717, 1.165) is 15.7 Å². The minimum Gasteiger partial charge on any atom is -0.325 e. The quantitative estimate of drug-likeness (QED) is 0.216. The number of benzene rings is 4. The van der Waals surface area contributed by atoms with E-state index in [4.69, 9.17) is 11.6 Å². The molecule has 4 aromatic carbocycles. The molecule has 2 amide bonds. The van der Waals surface area contributed by atoms with E-state index >= 15 is 0 Å². The van der Waals surface area contributed by atoms with Crippen LogP contribution in [0, 0.1) is 0 Å². The number of carbonyl (C=O) groups is 2. The number of nitrogens with zero attached hydrogens (tertiary/aromatic N) is 3. The summed E-state index contributed by atoms with van der Waals surface area (Å²) >= 11 is 5.86. The molecule has 1 aromatic heterocycles. The lowest BCUT2D eigenvalue weighted by molar-refractivity contribution is -0.116. The van der Waals surface area contributed by atoms with Crippen LogP contribution in [-0.2, 0) is 17.9 Å². The average Bonchev–Trinajstić information content (AvgIpc) is 2.99. The van der Waals surface area contributed by atoms with Crippen LogP contribution in [0.3, 0.4) is 0 Å². The molecular formula is C31H24ClN5O4. The normalized spacial score (nSPS) is 11.0. The van der Waals surface area contributed by atoms with Gasteiger partial charge >= 0.3 is 5.69 Å². The van der Waals surface area contributed by atoms with Crippen LogP contribution in [0.1, 0.15) is 21.5 Å². The standard InChI is InChI=1S/C31H24ClN5O4/c32-24-14-10-21(11-15-24)18-33-35-29(39)23-12-16-25(17-13-23)34-28(38)20-37-30(40)26-8-4-5-9-27(26)36(31(37)41)19-22-6-2-1-3-7-22/h1-18H,19-20H2,(H,34,38)(H,35,39)/b33-18+. The number of para-hydroxylation sites is 1. The fourth-order valence-electron chi connectivity index (χ4n) is 4.26. The average molecular weight is 566 g/mol. The van der Waals surface area contributed by atoms with Crippen molar-refractivity contribution in [2.75, 3.05) is 5.32 Å². The molecule has 0 spiro atoms. The lowest BCUT2D eigenvalue weighted by Crippen LogP contribution is -2.42. The van der Waals surface area contributed by atoms with E-state index in [-0.39, 0.29) is 6.54 Å². The third-order valence-corrected chi connectivity index (χ3v) is 6.55. The highest BCUT2D eigenvalue weighted by Crippen LogP contribution is 2.12. The molecule has 0 saturated heterocycles. The van der Waals surface area contributed by atoms with Crippen LogP contribution in [0.25, 0.3) is 10.9 Å². The fourth-order valence-corrected chi connectivity index (χ4v) is 4.38. The van der Waals surface area contributed by atoms with E-state index in [1.807, 2.05) is 30.3 Å². The topological polar surface area (TPSA) is 115 Å². The van der Waals surface area contributed by atoms with E-state index in [9.17, 15) is 19.2 Å². The third-order valence-electron chi connectivity index (χ3n) is 6.30. The smallest absolute Gasteiger partial charge is 0.325 e. The second-order valence-corrected chi connectivity index (χ2v) is 9.58. The Morgan fingerprint density at radius 1 is 0.805 bits per heavy atom. The zero-order valence-electron chi connectivity index (χ0n) is 21.7. The molecule has 204 valence electrons. The van der Waals surface area contributed by atoms with Crippen molar-refractivity contribution in [3.05, 3.63) is 146 Å². The molecule has 1 heterocycles. The molecule has 0 aliphatic carbocycles. The summed E-state index contributed by atoms with van der Waals surface area (Å²) in [5, 5.41) is 7.55. The van der Waals surface area contributed by atoms with Crippen LogP contribution in [0.5, 0.6) is 0 Å². The summed E-state index contributed by atoms with van der Waals surface area (Å²) in [4.78, 5) is 51.8. The minimum absolute atomic E-state index is 0.245. The van der Waals surface area contributed by atoms with Crippen LogP contribution in [0.2, 0.25) is 5.02 Å². The fraction of sp³-hybridized carbons (Fsp3) is 0.0645. The number of rotatable bonds is 8. The molecular weight excluding hydrogens is 542 g/mol. The summed E-state index contributed by atoms with van der Waals surface area (Å²) in [6.45, 7) is -0.228. The number of carbonyl (C=O) groups excluding carboxylic acids is 2. The molecule has 5 rings (SSSR count). The first-order valence-electron chi connectivity index (χ1n) is 12.6. The summed E-state index contributed by atoms with van der Waals surface area (Å²) in [7, 11) is 0. The number of hydrazone groups is 1. The van der Waals surface area contributed by atoms with Crippen LogP contribution >= 0.6 is 11.6 Å². The number of hydrogen-bond acceptors (Lipinski definition) is 5. The van der Waals surface area contributed by atoms with Crippen LogP contribution in [0.4, 0.5) is 5.69 Å². The number of amides is 2. The predicted octanol–water partition coefficient (Wildman–Crippen LogP) is 4.27. The number of hydrogen-bond donors (Lipinski definition) is 2. The molecule has 41 heavy (non-hydrogen) atoms. The summed E-state index contributed by atoms with van der Waals surface area (Å²) in [5.41, 5.74) is 4.18. The second-order valence-electron chi connectivity index (χ2n) is 9.14. The van der Waals surface area contributed by atoms with Crippen molar-refractivity contribution in [2.24, 2.45) is 5.10 Å². The van der Waals surface area contributed by atoms with Crippen molar-refractivity contribution in [3.63, 3.8) is 0 Å². The molecule has 9 nitrogen and oxygen atoms in total. The summed E-state index contributed by atoms with van der Waals surface area (Å²) in [5.74, 6) is -0.995. The van der Waals surface area contributed by atoms with Gasteiger partial charge in [0.05, 0.1) is 23.7 Å². The lowest BCUT2D eigenvalue weighted by Gasteiger charge is -2.14. The van der Waals surface area contributed by atoms with Gasteiger partial charge in [0.2, 0.25) is 5.91 Å². The van der Waals surface area contributed by atoms with Gasteiger partial charge in [0.15, 0.2) is 0 Å². The molecule has 0 atom stereocenters. The molecule has 0 fully saturated rings. The molecule has 0 bridgehead atoms. The second kappa shape index (κ2) is 12.3. The Hall–Kier alpha value is -5.28. The van der Waals surface area contributed by atoms with Crippen LogP contribution in [-0.4, -0.2) is 27.2 Å². The first-order chi connectivity index (χ1) is 19.9. The first-order valence-corrected chi connectivity index (χ1v) is 13.0. The summed E-state index contributed by atoms with van der Waals surface area (Å²) in [6, 6.07) is 29.3. The van der Waals surface area contributed by atoms with Crippen LogP contribution < -0.4 is 22.0 Å². The highest BCUT2D eigenvalue weighted by molar-refractivity contribution is 6.30. The van der Waals surface area contributed by atoms with Gasteiger partial charge in [-0.05, 0) is 59.7 Å². The van der Waals surface area contributed by atoms with Gasteiger partial charge in [-0.15, -0.1) is 0 Å². The maximum absolute atomic E-state index is 13.4. The summed E-state index contributed by atoms with van der Waals surface area (Å²) < 4.78 is 2.42. The minimum atomic E-state index is -0.584. The van der Waals surface area contributed by atoms with E-state index in [1.165, 1.54) is 22.9 Å². The largest absolute Gasteiger partial charge is 0.332 e. The monoisotopic (exact) mass is 565 g/mol. The van der Waals surface area contributed by atoms with Crippen molar-refractivity contribution in [1.82, 2.24) is 14.6 Å². The SMILES string of the molecule is O=C(Cn1c(=O)c2ccccc2n(Cc2ccccc2)c1=O)Nc1ccc(C(=O)N/N=C/c2ccc(Cl)cc2)cc1. The number of fused-ring (bicyclic) bond motifs is 1. The van der Waals surface area contributed by atoms with Crippen LogP contribution in [0.15, 0.2) is 118 Å². The predicted molar refractivity (Wildman–Crippen MR) is 160 cm³/mol. The zero-order valence-corrected chi connectivity index (χ0v) is 22.4. The van der Waals surface area contributed by atoms with Crippen molar-refractivity contribution < 1.29 is 9.59 Å². The maximum Gasteiger partial charge on any atom is 0.332 e. The maximum atomic E-state index is 13.4. The molecule has 2 N–H and O–H groups in total. The Labute approximate surface area is 239 Å². The molecule has 0 saturated carbocycles. The molecule has 0 unspecified atom stereocenters. The lowest BCUT2D eigenvalue weighted by atomic mass is 10.2. The summed E-state index contributed by atoms with van der Waals surface area (Å²) in [6.07, 6.45) is 1.49. The Bertz CT molecular complexity index is 1860. The van der Waals surface area contributed by atoms with Gasteiger partial charge in [-0.1, -0.05) is 66.2 Å². The number of nitrogens with one attached hydrogen (secondary N) is 2. The Kier molecular flexibility index (Phi) is 8.17. The van der Waals surface area contributed by atoms with Crippen molar-refractivity contribution >= 4 is 46.2 Å². The van der Waals surface area contributed by atoms with Crippen molar-refractivity contribution in [1.29, 1.82) is 0 Å². The van der Waals surface area contributed by atoms with E-state index in [0.29, 0.717) is 27.2 Å². The number of anilines is 1. The molecule has 0 aliphatic rings.